The first-order valence-corrected chi connectivity index (χ1v) is 7.63. The third kappa shape index (κ3) is 3.59. The predicted molar refractivity (Wildman–Crippen MR) is 85.5 cm³/mol. The van der Waals surface area contributed by atoms with Gasteiger partial charge in [0.2, 0.25) is 0 Å². The van der Waals surface area contributed by atoms with E-state index in [4.69, 9.17) is 10.5 Å². The molecule has 0 amide bonds. The molecule has 0 aromatic heterocycles. The lowest BCUT2D eigenvalue weighted by molar-refractivity contribution is 0.338. The van der Waals surface area contributed by atoms with Crippen LogP contribution in [0, 0.1) is 0 Å². The maximum Gasteiger partial charge on any atom is 0.133 e. The molecule has 0 radical (unpaired) electrons. The Morgan fingerprint density at radius 1 is 1.11 bits per heavy atom. The van der Waals surface area contributed by atoms with Gasteiger partial charge >= 0.3 is 0 Å². The van der Waals surface area contributed by atoms with E-state index < -0.39 is 0 Å². The standard InChI is InChI=1S/C15H15Br2NO/c1-2-19-14-7-6-11(9-13(14)17)15(18)10-4-3-5-12(16)8-10/h3-9,15H,2,18H2,1H3. The van der Waals surface area contributed by atoms with Gasteiger partial charge in [-0.2, -0.15) is 0 Å². The monoisotopic (exact) mass is 383 g/mol. The molecule has 2 N–H and O–H groups in total. The average Bonchev–Trinajstić information content (AvgIpc) is 2.40. The largest absolute Gasteiger partial charge is 0.493 e. The Hall–Kier alpha value is -0.840. The highest BCUT2D eigenvalue weighted by Gasteiger charge is 2.11. The second-order valence-corrected chi connectivity index (χ2v) is 5.93. The van der Waals surface area contributed by atoms with Crippen LogP contribution < -0.4 is 10.5 Å². The van der Waals surface area contributed by atoms with E-state index in [-0.39, 0.29) is 6.04 Å². The molecular formula is C15H15Br2NO. The lowest BCUT2D eigenvalue weighted by atomic mass is 10.00. The summed E-state index contributed by atoms with van der Waals surface area (Å²) in [6.07, 6.45) is 0. The van der Waals surface area contributed by atoms with Gasteiger partial charge < -0.3 is 10.5 Å². The molecular weight excluding hydrogens is 370 g/mol. The van der Waals surface area contributed by atoms with Crippen molar-refractivity contribution in [1.82, 2.24) is 0 Å². The molecule has 0 aliphatic carbocycles. The van der Waals surface area contributed by atoms with Crippen LogP contribution in [0.1, 0.15) is 24.1 Å². The summed E-state index contributed by atoms with van der Waals surface area (Å²) in [5.41, 5.74) is 8.42. The van der Waals surface area contributed by atoms with Gasteiger partial charge in [0.25, 0.3) is 0 Å². The molecule has 1 unspecified atom stereocenters. The molecule has 2 aromatic carbocycles. The average molecular weight is 385 g/mol. The second kappa shape index (κ2) is 6.55. The summed E-state index contributed by atoms with van der Waals surface area (Å²) in [7, 11) is 0. The fraction of sp³-hybridized carbons (Fsp3) is 0.200. The smallest absolute Gasteiger partial charge is 0.133 e. The summed E-state index contributed by atoms with van der Waals surface area (Å²) >= 11 is 6.98. The minimum absolute atomic E-state index is 0.149. The maximum atomic E-state index is 6.30. The van der Waals surface area contributed by atoms with E-state index in [0.29, 0.717) is 6.61 Å². The van der Waals surface area contributed by atoms with E-state index >= 15 is 0 Å². The van der Waals surface area contributed by atoms with Gasteiger partial charge in [0.05, 0.1) is 17.1 Å². The number of hydrogen-bond donors (Lipinski definition) is 1. The highest BCUT2D eigenvalue weighted by atomic mass is 79.9. The highest BCUT2D eigenvalue weighted by molar-refractivity contribution is 9.10. The van der Waals surface area contributed by atoms with Gasteiger partial charge in [-0.15, -0.1) is 0 Å². The van der Waals surface area contributed by atoms with Crippen LogP contribution in [0.2, 0.25) is 0 Å². The Morgan fingerprint density at radius 3 is 2.47 bits per heavy atom. The molecule has 2 aromatic rings. The van der Waals surface area contributed by atoms with Crippen molar-refractivity contribution in [2.75, 3.05) is 6.61 Å². The first kappa shape index (κ1) is 14.6. The number of rotatable bonds is 4. The maximum absolute atomic E-state index is 6.30. The number of benzene rings is 2. The Kier molecular flexibility index (Phi) is 5.02. The minimum atomic E-state index is -0.149. The SMILES string of the molecule is CCOc1ccc(C(N)c2cccc(Br)c2)cc1Br. The molecule has 0 aliphatic rings. The highest BCUT2D eigenvalue weighted by Crippen LogP contribution is 2.30. The first-order valence-electron chi connectivity index (χ1n) is 6.05. The Labute approximate surface area is 130 Å². The van der Waals surface area contributed by atoms with Crippen molar-refractivity contribution in [1.29, 1.82) is 0 Å². The molecule has 1 atom stereocenters. The Bertz CT molecular complexity index is 572. The van der Waals surface area contributed by atoms with Gasteiger partial charge in [-0.3, -0.25) is 0 Å². The normalized spacial score (nSPS) is 12.2. The summed E-state index contributed by atoms with van der Waals surface area (Å²) < 4.78 is 7.46. The number of halogens is 2. The molecule has 19 heavy (non-hydrogen) atoms. The van der Waals surface area contributed by atoms with E-state index in [1.54, 1.807) is 0 Å². The topological polar surface area (TPSA) is 35.2 Å². The summed E-state index contributed by atoms with van der Waals surface area (Å²) in [6.45, 7) is 2.61. The van der Waals surface area contributed by atoms with Gasteiger partial charge in [-0.25, -0.2) is 0 Å². The molecule has 0 bridgehead atoms. The molecule has 2 nitrogen and oxygen atoms in total. The zero-order valence-corrected chi connectivity index (χ0v) is 13.7. The summed E-state index contributed by atoms with van der Waals surface area (Å²) in [5.74, 6) is 0.840. The van der Waals surface area contributed by atoms with Crippen LogP contribution in [0.4, 0.5) is 0 Å². The summed E-state index contributed by atoms with van der Waals surface area (Å²) in [6, 6.07) is 13.9. The Morgan fingerprint density at radius 2 is 1.84 bits per heavy atom. The quantitative estimate of drug-likeness (QED) is 0.831. The van der Waals surface area contributed by atoms with Crippen molar-refractivity contribution in [2.45, 2.75) is 13.0 Å². The number of ether oxygens (including phenoxy) is 1. The van der Waals surface area contributed by atoms with Crippen LogP contribution >= 0.6 is 31.9 Å². The second-order valence-electron chi connectivity index (χ2n) is 4.16. The summed E-state index contributed by atoms with van der Waals surface area (Å²) in [4.78, 5) is 0. The zero-order chi connectivity index (χ0) is 13.8. The van der Waals surface area contributed by atoms with Crippen LogP contribution in [0.25, 0.3) is 0 Å². The lowest BCUT2D eigenvalue weighted by Gasteiger charge is -2.15. The lowest BCUT2D eigenvalue weighted by Crippen LogP contribution is -2.11. The van der Waals surface area contributed by atoms with E-state index in [9.17, 15) is 0 Å². The van der Waals surface area contributed by atoms with Crippen LogP contribution in [-0.4, -0.2) is 6.61 Å². The minimum Gasteiger partial charge on any atom is -0.493 e. The summed E-state index contributed by atoms with van der Waals surface area (Å²) in [5, 5.41) is 0. The van der Waals surface area contributed by atoms with E-state index in [2.05, 4.69) is 31.9 Å². The molecule has 0 saturated carbocycles. The van der Waals surface area contributed by atoms with Crippen molar-refractivity contribution in [2.24, 2.45) is 5.73 Å². The third-order valence-corrected chi connectivity index (χ3v) is 3.94. The number of nitrogens with two attached hydrogens (primary N) is 1. The van der Waals surface area contributed by atoms with Crippen molar-refractivity contribution >= 4 is 31.9 Å². The van der Waals surface area contributed by atoms with Gasteiger partial charge in [-0.05, 0) is 58.2 Å². The molecule has 4 heteroatoms. The predicted octanol–water partition coefficient (Wildman–Crippen LogP) is 4.66. The first-order chi connectivity index (χ1) is 9.11. The van der Waals surface area contributed by atoms with Crippen molar-refractivity contribution < 1.29 is 4.74 Å². The fourth-order valence-electron chi connectivity index (χ4n) is 1.88. The van der Waals surface area contributed by atoms with Crippen molar-refractivity contribution in [3.8, 4) is 5.75 Å². The molecule has 0 aliphatic heterocycles. The number of hydrogen-bond acceptors (Lipinski definition) is 2. The van der Waals surface area contributed by atoms with E-state index in [0.717, 1.165) is 25.8 Å². The molecule has 2 rings (SSSR count). The molecule has 100 valence electrons. The van der Waals surface area contributed by atoms with Crippen LogP contribution in [0.3, 0.4) is 0 Å². The molecule has 0 spiro atoms. The van der Waals surface area contributed by atoms with Gasteiger partial charge in [0, 0.05) is 4.47 Å². The van der Waals surface area contributed by atoms with Crippen LogP contribution in [0.15, 0.2) is 51.4 Å². The van der Waals surface area contributed by atoms with Crippen molar-refractivity contribution in [3.63, 3.8) is 0 Å². The van der Waals surface area contributed by atoms with E-state index in [1.165, 1.54) is 0 Å². The fourth-order valence-corrected chi connectivity index (χ4v) is 2.80. The zero-order valence-electron chi connectivity index (χ0n) is 10.6. The van der Waals surface area contributed by atoms with Gasteiger partial charge in [0.1, 0.15) is 5.75 Å². The van der Waals surface area contributed by atoms with Crippen molar-refractivity contribution in [3.05, 3.63) is 62.5 Å². The van der Waals surface area contributed by atoms with Gasteiger partial charge in [0.15, 0.2) is 0 Å². The van der Waals surface area contributed by atoms with Crippen LogP contribution in [0.5, 0.6) is 5.75 Å². The van der Waals surface area contributed by atoms with Gasteiger partial charge in [-0.1, -0.05) is 34.1 Å². The third-order valence-electron chi connectivity index (χ3n) is 2.82. The Balaban J connectivity index is 2.29. The molecule has 0 fully saturated rings. The molecule has 0 saturated heterocycles. The van der Waals surface area contributed by atoms with E-state index in [1.807, 2.05) is 49.4 Å². The molecule has 0 heterocycles. The van der Waals surface area contributed by atoms with Crippen LogP contribution in [-0.2, 0) is 0 Å².